The Labute approximate surface area is 73.7 Å². The molecule has 0 aliphatic heterocycles. The summed E-state index contributed by atoms with van der Waals surface area (Å²) in [7, 11) is 0. The van der Waals surface area contributed by atoms with Crippen LogP contribution in [-0.4, -0.2) is 11.9 Å². The summed E-state index contributed by atoms with van der Waals surface area (Å²) in [5.74, 6) is 1.44. The average molecular weight is 167 g/mol. The van der Waals surface area contributed by atoms with Crippen molar-refractivity contribution in [3.63, 3.8) is 0 Å². The Morgan fingerprint density at radius 2 is 2.00 bits per heavy atom. The summed E-state index contributed by atoms with van der Waals surface area (Å²) >= 11 is 0. The van der Waals surface area contributed by atoms with Crippen LogP contribution < -0.4 is 5.32 Å². The lowest BCUT2D eigenvalue weighted by atomic mass is 9.80. The van der Waals surface area contributed by atoms with Crippen molar-refractivity contribution >= 4 is 5.91 Å². The molecule has 1 amide bonds. The molecule has 2 rings (SSSR count). The Kier molecular flexibility index (Phi) is 2.07. The van der Waals surface area contributed by atoms with Crippen LogP contribution in [0.1, 0.15) is 39.0 Å². The molecule has 0 saturated heterocycles. The standard InChI is InChI=1S/C10H17NO/c1-7(8-3-2-4-8)11-10(12)9-5-6-9/h7-9H,2-6H2,1H3,(H,11,12)/t7-/m1/s1. The Morgan fingerprint density at radius 1 is 1.33 bits per heavy atom. The molecule has 0 aromatic carbocycles. The fourth-order valence-electron chi connectivity index (χ4n) is 1.75. The van der Waals surface area contributed by atoms with Crippen LogP contribution in [0.3, 0.4) is 0 Å². The van der Waals surface area contributed by atoms with Gasteiger partial charge < -0.3 is 5.32 Å². The van der Waals surface area contributed by atoms with Gasteiger partial charge in [0.2, 0.25) is 5.91 Å². The molecule has 2 fully saturated rings. The van der Waals surface area contributed by atoms with E-state index < -0.39 is 0 Å². The van der Waals surface area contributed by atoms with E-state index in [1.165, 1.54) is 19.3 Å². The van der Waals surface area contributed by atoms with Crippen LogP contribution in [-0.2, 0) is 4.79 Å². The van der Waals surface area contributed by atoms with Crippen molar-refractivity contribution in [2.24, 2.45) is 11.8 Å². The predicted molar refractivity (Wildman–Crippen MR) is 47.7 cm³/mol. The molecule has 68 valence electrons. The molecule has 0 radical (unpaired) electrons. The maximum atomic E-state index is 11.3. The summed E-state index contributed by atoms with van der Waals surface area (Å²) in [6, 6.07) is 0.423. The van der Waals surface area contributed by atoms with Crippen LogP contribution in [0.2, 0.25) is 0 Å². The van der Waals surface area contributed by atoms with Gasteiger partial charge in [0.1, 0.15) is 0 Å². The average Bonchev–Trinajstić information content (AvgIpc) is 2.61. The molecule has 2 nitrogen and oxygen atoms in total. The first kappa shape index (κ1) is 8.09. The van der Waals surface area contributed by atoms with Crippen molar-refractivity contribution in [1.29, 1.82) is 0 Å². The normalized spacial score (nSPS) is 26.1. The van der Waals surface area contributed by atoms with E-state index in [4.69, 9.17) is 0 Å². The predicted octanol–water partition coefficient (Wildman–Crippen LogP) is 1.70. The second-order valence-electron chi connectivity index (χ2n) is 4.26. The zero-order chi connectivity index (χ0) is 8.55. The van der Waals surface area contributed by atoms with Gasteiger partial charge in [0.05, 0.1) is 0 Å². The van der Waals surface area contributed by atoms with Crippen molar-refractivity contribution in [1.82, 2.24) is 5.32 Å². The minimum Gasteiger partial charge on any atom is -0.353 e. The van der Waals surface area contributed by atoms with E-state index in [-0.39, 0.29) is 0 Å². The molecule has 1 N–H and O–H groups in total. The monoisotopic (exact) mass is 167 g/mol. The third-order valence-electron chi connectivity index (χ3n) is 3.18. The van der Waals surface area contributed by atoms with Crippen LogP contribution in [0.15, 0.2) is 0 Å². The molecule has 2 aliphatic carbocycles. The van der Waals surface area contributed by atoms with Crippen LogP contribution >= 0.6 is 0 Å². The number of hydrogen-bond acceptors (Lipinski definition) is 1. The smallest absolute Gasteiger partial charge is 0.223 e. The highest BCUT2D eigenvalue weighted by molar-refractivity contribution is 5.81. The van der Waals surface area contributed by atoms with Gasteiger partial charge in [0.15, 0.2) is 0 Å². The Morgan fingerprint density at radius 3 is 2.42 bits per heavy atom. The zero-order valence-electron chi connectivity index (χ0n) is 7.68. The minimum absolute atomic E-state index is 0.300. The van der Waals surface area contributed by atoms with E-state index >= 15 is 0 Å². The molecule has 12 heavy (non-hydrogen) atoms. The van der Waals surface area contributed by atoms with E-state index in [0.29, 0.717) is 17.9 Å². The van der Waals surface area contributed by atoms with Crippen LogP contribution in [0.4, 0.5) is 0 Å². The van der Waals surface area contributed by atoms with Crippen LogP contribution in [0, 0.1) is 11.8 Å². The second-order valence-corrected chi connectivity index (χ2v) is 4.26. The van der Waals surface area contributed by atoms with Crippen molar-refractivity contribution in [3.8, 4) is 0 Å². The first-order chi connectivity index (χ1) is 5.77. The summed E-state index contributed by atoms with van der Waals surface area (Å²) in [6.45, 7) is 2.14. The van der Waals surface area contributed by atoms with Crippen molar-refractivity contribution < 1.29 is 4.79 Å². The number of nitrogens with one attached hydrogen (secondary N) is 1. The topological polar surface area (TPSA) is 29.1 Å². The lowest BCUT2D eigenvalue weighted by molar-refractivity contribution is -0.123. The van der Waals surface area contributed by atoms with E-state index in [1.54, 1.807) is 0 Å². The van der Waals surface area contributed by atoms with E-state index in [0.717, 1.165) is 18.8 Å². The van der Waals surface area contributed by atoms with Gasteiger partial charge in [-0.15, -0.1) is 0 Å². The Balaban J connectivity index is 1.73. The molecule has 0 aromatic heterocycles. The Bertz CT molecular complexity index is 182. The van der Waals surface area contributed by atoms with Gasteiger partial charge in [-0.25, -0.2) is 0 Å². The van der Waals surface area contributed by atoms with Crippen LogP contribution in [0.25, 0.3) is 0 Å². The zero-order valence-corrected chi connectivity index (χ0v) is 7.68. The van der Waals surface area contributed by atoms with Gasteiger partial charge in [-0.2, -0.15) is 0 Å². The maximum Gasteiger partial charge on any atom is 0.223 e. The molecule has 2 heteroatoms. The van der Waals surface area contributed by atoms with Gasteiger partial charge in [-0.3, -0.25) is 4.79 Å². The third kappa shape index (κ3) is 1.62. The van der Waals surface area contributed by atoms with Crippen molar-refractivity contribution in [2.75, 3.05) is 0 Å². The molecule has 2 saturated carbocycles. The molecule has 0 aromatic rings. The largest absolute Gasteiger partial charge is 0.353 e. The summed E-state index contributed by atoms with van der Waals surface area (Å²) in [6.07, 6.45) is 6.21. The highest BCUT2D eigenvalue weighted by Crippen LogP contribution is 2.32. The van der Waals surface area contributed by atoms with Gasteiger partial charge in [0.25, 0.3) is 0 Å². The fourth-order valence-corrected chi connectivity index (χ4v) is 1.75. The molecular formula is C10H17NO. The van der Waals surface area contributed by atoms with Crippen molar-refractivity contribution in [2.45, 2.75) is 45.1 Å². The molecule has 0 bridgehead atoms. The summed E-state index contributed by atoms with van der Waals surface area (Å²) < 4.78 is 0. The van der Waals surface area contributed by atoms with E-state index in [9.17, 15) is 4.79 Å². The number of amides is 1. The number of rotatable bonds is 3. The van der Waals surface area contributed by atoms with Crippen LogP contribution in [0.5, 0.6) is 0 Å². The van der Waals surface area contributed by atoms with Crippen molar-refractivity contribution in [3.05, 3.63) is 0 Å². The number of carbonyl (C=O) groups is 1. The summed E-state index contributed by atoms with van der Waals surface area (Å²) in [4.78, 5) is 11.3. The van der Waals surface area contributed by atoms with E-state index in [2.05, 4.69) is 12.2 Å². The lowest BCUT2D eigenvalue weighted by Crippen LogP contribution is -2.41. The molecule has 0 unspecified atom stereocenters. The fraction of sp³-hybridized carbons (Fsp3) is 0.900. The van der Waals surface area contributed by atoms with E-state index in [1.807, 2.05) is 0 Å². The lowest BCUT2D eigenvalue weighted by Gasteiger charge is -2.31. The molecule has 1 atom stereocenters. The van der Waals surface area contributed by atoms with Gasteiger partial charge in [-0.05, 0) is 38.5 Å². The molecule has 0 heterocycles. The second kappa shape index (κ2) is 3.08. The summed E-state index contributed by atoms with van der Waals surface area (Å²) in [5, 5.41) is 3.10. The number of carbonyl (C=O) groups excluding carboxylic acids is 1. The highest BCUT2D eigenvalue weighted by Gasteiger charge is 2.32. The van der Waals surface area contributed by atoms with Gasteiger partial charge in [0, 0.05) is 12.0 Å². The maximum absolute atomic E-state index is 11.3. The Hall–Kier alpha value is -0.530. The molecular weight excluding hydrogens is 150 g/mol. The minimum atomic E-state index is 0.300. The highest BCUT2D eigenvalue weighted by atomic mass is 16.2. The third-order valence-corrected chi connectivity index (χ3v) is 3.18. The van der Waals surface area contributed by atoms with Gasteiger partial charge >= 0.3 is 0 Å². The molecule has 0 spiro atoms. The first-order valence-electron chi connectivity index (χ1n) is 5.08. The summed E-state index contributed by atoms with van der Waals surface area (Å²) in [5.41, 5.74) is 0. The molecule has 2 aliphatic rings. The quantitative estimate of drug-likeness (QED) is 0.681. The SMILES string of the molecule is C[C@@H](NC(=O)C1CC1)C1CCC1. The van der Waals surface area contributed by atoms with Gasteiger partial charge in [-0.1, -0.05) is 6.42 Å². The number of hydrogen-bond donors (Lipinski definition) is 1. The first-order valence-corrected chi connectivity index (χ1v) is 5.08.